The summed E-state index contributed by atoms with van der Waals surface area (Å²) in [6.45, 7) is -0.860. The lowest BCUT2D eigenvalue weighted by atomic mass is 10.2. The number of amides is 1. The van der Waals surface area contributed by atoms with Crippen molar-refractivity contribution in [2.24, 2.45) is 0 Å². The smallest absolute Gasteiger partial charge is 0.329 e. The summed E-state index contributed by atoms with van der Waals surface area (Å²) in [5, 5.41) is 10.9. The molecule has 0 aromatic heterocycles. The highest BCUT2D eigenvalue weighted by molar-refractivity contribution is 5.92. The van der Waals surface area contributed by atoms with Crippen molar-refractivity contribution in [1.29, 1.82) is 0 Å². The van der Waals surface area contributed by atoms with Gasteiger partial charge in [0.1, 0.15) is 24.7 Å². The summed E-state index contributed by atoms with van der Waals surface area (Å²) in [5.74, 6) is -0.533. The van der Waals surface area contributed by atoms with Crippen molar-refractivity contribution >= 4 is 17.6 Å². The average molecular weight is 269 g/mol. The summed E-state index contributed by atoms with van der Waals surface area (Å²) in [5.41, 5.74) is 0.472. The van der Waals surface area contributed by atoms with Crippen LogP contribution < -0.4 is 14.8 Å². The van der Waals surface area contributed by atoms with Crippen LogP contribution in [-0.2, 0) is 14.3 Å². The fraction of sp³-hybridized carbons (Fsp3) is 0.333. The van der Waals surface area contributed by atoms with Gasteiger partial charge in [-0.15, -0.1) is 0 Å². The molecule has 0 heterocycles. The van der Waals surface area contributed by atoms with Crippen molar-refractivity contribution in [1.82, 2.24) is 0 Å². The number of carbonyl (C=O) groups excluding carboxylic acids is 1. The number of anilines is 1. The molecule has 19 heavy (non-hydrogen) atoms. The highest BCUT2D eigenvalue weighted by Crippen LogP contribution is 2.25. The van der Waals surface area contributed by atoms with E-state index in [1.807, 2.05) is 0 Å². The Morgan fingerprint density at radius 3 is 2.16 bits per heavy atom. The van der Waals surface area contributed by atoms with E-state index in [0.717, 1.165) is 0 Å². The molecule has 0 saturated carbocycles. The highest BCUT2D eigenvalue weighted by Gasteiger charge is 2.07. The number of carbonyl (C=O) groups is 2. The van der Waals surface area contributed by atoms with Crippen molar-refractivity contribution in [3.8, 4) is 11.5 Å². The van der Waals surface area contributed by atoms with Crippen LogP contribution in [0.25, 0.3) is 0 Å². The van der Waals surface area contributed by atoms with Gasteiger partial charge in [-0.2, -0.15) is 0 Å². The van der Waals surface area contributed by atoms with Crippen molar-refractivity contribution in [2.75, 3.05) is 32.8 Å². The fourth-order valence-corrected chi connectivity index (χ4v) is 1.31. The van der Waals surface area contributed by atoms with Crippen LogP contribution in [0.5, 0.6) is 11.5 Å². The van der Waals surface area contributed by atoms with Gasteiger partial charge in [-0.1, -0.05) is 0 Å². The van der Waals surface area contributed by atoms with Gasteiger partial charge < -0.3 is 24.6 Å². The lowest BCUT2D eigenvalue weighted by molar-refractivity contribution is -0.143. The molecule has 7 heteroatoms. The highest BCUT2D eigenvalue weighted by atomic mass is 16.5. The second-order valence-electron chi connectivity index (χ2n) is 3.54. The monoisotopic (exact) mass is 269 g/mol. The van der Waals surface area contributed by atoms with E-state index >= 15 is 0 Å². The minimum Gasteiger partial charge on any atom is -0.497 e. The van der Waals surface area contributed by atoms with Crippen LogP contribution in [0.15, 0.2) is 18.2 Å². The standard InChI is InChI=1S/C12H15NO6/c1-17-9-3-8(4-10(5-9)18-2)13-11(14)6-19-7-12(15)16/h3-5H,6-7H2,1-2H3,(H,13,14)(H,15,16). The molecule has 0 fully saturated rings. The lowest BCUT2D eigenvalue weighted by Crippen LogP contribution is -2.20. The van der Waals surface area contributed by atoms with Crippen LogP contribution in [0.1, 0.15) is 0 Å². The van der Waals surface area contributed by atoms with Crippen molar-refractivity contribution in [3.05, 3.63) is 18.2 Å². The van der Waals surface area contributed by atoms with E-state index in [2.05, 4.69) is 10.1 Å². The van der Waals surface area contributed by atoms with Gasteiger partial charge in [0.05, 0.1) is 14.2 Å². The van der Waals surface area contributed by atoms with E-state index < -0.39 is 18.5 Å². The second-order valence-corrected chi connectivity index (χ2v) is 3.54. The van der Waals surface area contributed by atoms with Gasteiger partial charge in [0.2, 0.25) is 5.91 Å². The van der Waals surface area contributed by atoms with Crippen molar-refractivity contribution in [3.63, 3.8) is 0 Å². The van der Waals surface area contributed by atoms with Gasteiger partial charge in [-0.25, -0.2) is 4.79 Å². The number of carboxylic acid groups (broad SMARTS) is 1. The Kier molecular flexibility index (Phi) is 5.62. The fourth-order valence-electron chi connectivity index (χ4n) is 1.31. The number of benzene rings is 1. The number of hydrogen-bond acceptors (Lipinski definition) is 5. The van der Waals surface area contributed by atoms with Crippen molar-refractivity contribution < 1.29 is 28.9 Å². The lowest BCUT2D eigenvalue weighted by Gasteiger charge is -2.09. The Morgan fingerprint density at radius 2 is 1.68 bits per heavy atom. The summed E-state index contributed by atoms with van der Waals surface area (Å²) in [6.07, 6.45) is 0. The van der Waals surface area contributed by atoms with Crippen LogP contribution in [0.3, 0.4) is 0 Å². The van der Waals surface area contributed by atoms with Crippen LogP contribution >= 0.6 is 0 Å². The predicted molar refractivity (Wildman–Crippen MR) is 66.6 cm³/mol. The van der Waals surface area contributed by atoms with Gasteiger partial charge in [-0.05, 0) is 0 Å². The zero-order chi connectivity index (χ0) is 14.3. The average Bonchev–Trinajstić information content (AvgIpc) is 2.37. The molecular formula is C12H15NO6. The second kappa shape index (κ2) is 7.22. The van der Waals surface area contributed by atoms with Gasteiger partial charge in [-0.3, -0.25) is 4.79 Å². The largest absolute Gasteiger partial charge is 0.497 e. The quantitative estimate of drug-likeness (QED) is 0.758. The first-order chi connectivity index (χ1) is 9.05. The van der Waals surface area contributed by atoms with Crippen LogP contribution in [0.2, 0.25) is 0 Å². The maximum atomic E-state index is 11.5. The summed E-state index contributed by atoms with van der Waals surface area (Å²) in [4.78, 5) is 21.7. The Labute approximate surface area is 110 Å². The van der Waals surface area contributed by atoms with Gasteiger partial charge >= 0.3 is 5.97 Å². The topological polar surface area (TPSA) is 94.1 Å². The number of ether oxygens (including phenoxy) is 3. The number of methoxy groups -OCH3 is 2. The van der Waals surface area contributed by atoms with Gasteiger partial charge in [0.15, 0.2) is 0 Å². The third-order valence-corrected chi connectivity index (χ3v) is 2.09. The van der Waals surface area contributed by atoms with Gasteiger partial charge in [0, 0.05) is 23.9 Å². The summed E-state index contributed by atoms with van der Waals surface area (Å²) in [6, 6.07) is 4.88. The molecule has 0 aliphatic carbocycles. The molecule has 0 radical (unpaired) electrons. The van der Waals surface area contributed by atoms with Crippen molar-refractivity contribution in [2.45, 2.75) is 0 Å². The van der Waals surface area contributed by atoms with Crippen LogP contribution in [0.4, 0.5) is 5.69 Å². The first kappa shape index (κ1) is 14.8. The molecule has 0 aliphatic rings. The molecule has 7 nitrogen and oxygen atoms in total. The Bertz CT molecular complexity index is 437. The maximum absolute atomic E-state index is 11.5. The Hall–Kier alpha value is -2.28. The molecule has 2 N–H and O–H groups in total. The molecule has 0 bridgehead atoms. The minimum absolute atomic E-state index is 0.341. The van der Waals surface area contributed by atoms with E-state index in [-0.39, 0.29) is 6.61 Å². The number of aliphatic carboxylic acids is 1. The Morgan fingerprint density at radius 1 is 1.11 bits per heavy atom. The van der Waals surface area contributed by atoms with E-state index in [0.29, 0.717) is 17.2 Å². The summed E-state index contributed by atoms with van der Waals surface area (Å²) >= 11 is 0. The van der Waals surface area contributed by atoms with E-state index in [4.69, 9.17) is 14.6 Å². The summed E-state index contributed by atoms with van der Waals surface area (Å²) < 4.78 is 14.8. The first-order valence-corrected chi connectivity index (χ1v) is 5.37. The molecule has 104 valence electrons. The molecular weight excluding hydrogens is 254 g/mol. The third-order valence-electron chi connectivity index (χ3n) is 2.09. The number of nitrogens with one attached hydrogen (secondary N) is 1. The third kappa shape index (κ3) is 5.26. The maximum Gasteiger partial charge on any atom is 0.329 e. The first-order valence-electron chi connectivity index (χ1n) is 5.37. The molecule has 0 saturated heterocycles. The zero-order valence-corrected chi connectivity index (χ0v) is 10.6. The Balaban J connectivity index is 2.60. The van der Waals surface area contributed by atoms with Gasteiger partial charge in [0.25, 0.3) is 0 Å². The van der Waals surface area contributed by atoms with E-state index in [1.165, 1.54) is 14.2 Å². The molecule has 0 aliphatic heterocycles. The van der Waals surface area contributed by atoms with E-state index in [1.54, 1.807) is 18.2 Å². The molecule has 1 aromatic rings. The van der Waals surface area contributed by atoms with E-state index in [9.17, 15) is 9.59 Å². The molecule has 1 rings (SSSR count). The SMILES string of the molecule is COc1cc(NC(=O)COCC(=O)O)cc(OC)c1. The number of hydrogen-bond donors (Lipinski definition) is 2. The number of rotatable bonds is 7. The minimum atomic E-state index is -1.13. The molecule has 0 atom stereocenters. The summed E-state index contributed by atoms with van der Waals surface area (Å²) in [7, 11) is 2.99. The molecule has 0 spiro atoms. The number of carboxylic acids is 1. The van der Waals surface area contributed by atoms with Crippen LogP contribution in [0, 0.1) is 0 Å². The zero-order valence-electron chi connectivity index (χ0n) is 10.6. The predicted octanol–water partition coefficient (Wildman–Crippen LogP) is 0.743. The normalized spacial score (nSPS) is 9.79. The molecule has 0 unspecified atom stereocenters. The van der Waals surface area contributed by atoms with Crippen LogP contribution in [-0.4, -0.2) is 44.4 Å². The molecule has 1 amide bonds. The molecule has 1 aromatic carbocycles.